The number of hydrogen-bond acceptors (Lipinski definition) is 7. The summed E-state index contributed by atoms with van der Waals surface area (Å²) >= 11 is 1.19. The van der Waals surface area contributed by atoms with Crippen LogP contribution < -0.4 is 21.9 Å². The summed E-state index contributed by atoms with van der Waals surface area (Å²) in [5.41, 5.74) is 4.94. The van der Waals surface area contributed by atoms with E-state index in [1.54, 1.807) is 0 Å². The number of thioether (sulfide) groups is 1. The van der Waals surface area contributed by atoms with Crippen LogP contribution in [0.3, 0.4) is 0 Å². The van der Waals surface area contributed by atoms with Gasteiger partial charge in [0.15, 0.2) is 5.69 Å². The van der Waals surface area contributed by atoms with E-state index in [1.165, 1.54) is 21.2 Å². The zero-order valence-corrected chi connectivity index (χ0v) is 18.0. The quantitative estimate of drug-likeness (QED) is 0.465. The molecule has 0 radical (unpaired) electrons. The number of aryl methyl sites for hydroxylation is 1. The predicted molar refractivity (Wildman–Crippen MR) is 114 cm³/mol. The summed E-state index contributed by atoms with van der Waals surface area (Å²) in [4.78, 5) is 45.5. The van der Waals surface area contributed by atoms with Gasteiger partial charge in [-0.1, -0.05) is 39.0 Å². The minimum absolute atomic E-state index is 0.0122. The summed E-state index contributed by atoms with van der Waals surface area (Å²) < 4.78 is 1.29. The third-order valence-corrected chi connectivity index (χ3v) is 5.12. The summed E-state index contributed by atoms with van der Waals surface area (Å²) in [6.07, 6.45) is 3.93. The molecule has 0 saturated carbocycles. The van der Waals surface area contributed by atoms with Crippen molar-refractivity contribution in [2.45, 2.75) is 64.6 Å². The van der Waals surface area contributed by atoms with E-state index in [0.29, 0.717) is 31.1 Å². The molecule has 2 aromatic rings. The number of nitrogens with one attached hydrogen (secondary N) is 2. The number of rotatable bonds is 11. The first-order valence-corrected chi connectivity index (χ1v) is 10.9. The van der Waals surface area contributed by atoms with Crippen LogP contribution in [-0.4, -0.2) is 42.9 Å². The third kappa shape index (κ3) is 5.72. The van der Waals surface area contributed by atoms with Crippen molar-refractivity contribution in [2.24, 2.45) is 0 Å². The summed E-state index contributed by atoms with van der Waals surface area (Å²) in [5.74, 6) is 0.554. The Morgan fingerprint density at radius 2 is 1.97 bits per heavy atom. The van der Waals surface area contributed by atoms with Gasteiger partial charge in [-0.05, 0) is 19.3 Å². The Kier molecular flexibility index (Phi) is 8.50. The summed E-state index contributed by atoms with van der Waals surface area (Å²) in [6.45, 7) is 6.63. The number of aromatic nitrogens is 5. The molecule has 10 nitrogen and oxygen atoms in total. The minimum atomic E-state index is -0.655. The Morgan fingerprint density at radius 3 is 2.62 bits per heavy atom. The Labute approximate surface area is 173 Å². The molecular weight excluding hydrogens is 394 g/mol. The lowest BCUT2D eigenvalue weighted by molar-refractivity contribution is -0.116. The van der Waals surface area contributed by atoms with Gasteiger partial charge in [0.1, 0.15) is 11.6 Å². The number of unbranched alkanes of at least 4 members (excludes halogenated alkanes) is 1. The average molecular weight is 424 g/mol. The molecule has 11 heteroatoms. The smallest absolute Gasteiger partial charge is 0.330 e. The summed E-state index contributed by atoms with van der Waals surface area (Å²) in [5, 5.41) is 7.44. The molecular formula is C18H29N7O3S. The third-order valence-electron chi connectivity index (χ3n) is 4.29. The number of aromatic amines is 2. The van der Waals surface area contributed by atoms with Gasteiger partial charge in [0.2, 0.25) is 11.1 Å². The van der Waals surface area contributed by atoms with Crippen LogP contribution in [0.15, 0.2) is 14.7 Å². The van der Waals surface area contributed by atoms with E-state index < -0.39 is 11.2 Å². The van der Waals surface area contributed by atoms with Gasteiger partial charge < -0.3 is 10.6 Å². The van der Waals surface area contributed by atoms with Crippen molar-refractivity contribution in [3.8, 4) is 0 Å². The molecule has 0 aromatic carbocycles. The number of nitrogens with two attached hydrogens (primary N) is 1. The number of hydrogen-bond donors (Lipinski definition) is 3. The van der Waals surface area contributed by atoms with Crippen molar-refractivity contribution < 1.29 is 4.79 Å². The number of nitrogen functional groups attached to an aromatic ring is 1. The number of carbonyl (C=O) groups is 1. The van der Waals surface area contributed by atoms with Gasteiger partial charge in [-0.15, -0.1) is 5.10 Å². The number of H-pyrrole nitrogens is 2. The lowest BCUT2D eigenvalue weighted by atomic mass is 10.2. The van der Waals surface area contributed by atoms with Crippen LogP contribution in [0.2, 0.25) is 0 Å². The van der Waals surface area contributed by atoms with Crippen LogP contribution in [0.4, 0.5) is 11.5 Å². The molecule has 2 heterocycles. The van der Waals surface area contributed by atoms with E-state index in [2.05, 4.69) is 20.2 Å². The van der Waals surface area contributed by atoms with Crippen LogP contribution in [0, 0.1) is 0 Å². The molecule has 0 fully saturated rings. The lowest BCUT2D eigenvalue weighted by Crippen LogP contribution is -2.42. The van der Waals surface area contributed by atoms with E-state index in [-0.39, 0.29) is 23.2 Å². The van der Waals surface area contributed by atoms with Crippen molar-refractivity contribution in [1.82, 2.24) is 24.7 Å². The molecule has 0 bridgehead atoms. The van der Waals surface area contributed by atoms with Crippen LogP contribution >= 0.6 is 11.8 Å². The highest BCUT2D eigenvalue weighted by Gasteiger charge is 2.24. The van der Waals surface area contributed by atoms with Crippen LogP contribution in [0.25, 0.3) is 0 Å². The van der Waals surface area contributed by atoms with E-state index in [4.69, 9.17) is 5.73 Å². The summed E-state index contributed by atoms with van der Waals surface area (Å²) in [7, 11) is 0. The lowest BCUT2D eigenvalue weighted by Gasteiger charge is -2.24. The zero-order valence-electron chi connectivity index (χ0n) is 17.2. The largest absolute Gasteiger partial charge is 0.383 e. The fraction of sp³-hybridized carbons (Fsp3) is 0.611. The van der Waals surface area contributed by atoms with Crippen molar-refractivity contribution in [3.05, 3.63) is 26.7 Å². The second-order valence-corrected chi connectivity index (χ2v) is 7.59. The van der Waals surface area contributed by atoms with Crippen molar-refractivity contribution >= 4 is 29.2 Å². The number of carbonyl (C=O) groups excluding carboxylic acids is 1. The zero-order chi connectivity index (χ0) is 21.4. The second kappa shape index (κ2) is 10.8. The molecule has 4 N–H and O–H groups in total. The van der Waals surface area contributed by atoms with Gasteiger partial charge in [-0.3, -0.25) is 24.2 Å². The van der Waals surface area contributed by atoms with E-state index in [1.807, 2.05) is 20.8 Å². The molecule has 0 unspecified atom stereocenters. The Hall–Kier alpha value is -2.56. The fourth-order valence-corrected chi connectivity index (χ4v) is 3.55. The number of amides is 1. The molecule has 0 atom stereocenters. The highest BCUT2D eigenvalue weighted by Crippen LogP contribution is 2.21. The van der Waals surface area contributed by atoms with Crippen LogP contribution in [0.1, 0.15) is 52.3 Å². The SMILES string of the molecule is CCCCN(C(=O)CSc1n[nH]c(CCC)n1)c1c(N)n(CCC)c(=O)[nH]c1=O. The highest BCUT2D eigenvalue weighted by atomic mass is 32.2. The molecule has 1 amide bonds. The monoisotopic (exact) mass is 423 g/mol. The number of anilines is 2. The Bertz CT molecular complexity index is 934. The molecule has 160 valence electrons. The molecule has 0 aliphatic carbocycles. The Morgan fingerprint density at radius 1 is 1.21 bits per heavy atom. The first-order chi connectivity index (χ1) is 13.9. The van der Waals surface area contributed by atoms with Gasteiger partial charge in [0.05, 0.1) is 5.75 Å². The predicted octanol–water partition coefficient (Wildman–Crippen LogP) is 1.52. The molecule has 2 aromatic heterocycles. The van der Waals surface area contributed by atoms with Crippen molar-refractivity contribution in [1.29, 1.82) is 0 Å². The van der Waals surface area contributed by atoms with Gasteiger partial charge in [0, 0.05) is 19.5 Å². The van der Waals surface area contributed by atoms with Crippen molar-refractivity contribution in [3.63, 3.8) is 0 Å². The normalized spacial score (nSPS) is 11.0. The maximum atomic E-state index is 13.0. The molecule has 29 heavy (non-hydrogen) atoms. The molecule has 0 saturated heterocycles. The summed E-state index contributed by atoms with van der Waals surface area (Å²) in [6, 6.07) is 0. The van der Waals surface area contributed by atoms with Crippen molar-refractivity contribution in [2.75, 3.05) is 22.9 Å². The molecule has 0 aliphatic rings. The molecule has 0 spiro atoms. The standard InChI is InChI=1S/C18H29N7O3S/c1-4-7-10-24(13(26)11-29-17-20-12(8-5-2)22-23-17)14-15(19)25(9-6-3)18(28)21-16(14)27/h4-11,19H2,1-3H3,(H,20,22,23)(H,21,27,28). The first kappa shape index (κ1) is 22.7. The van der Waals surface area contributed by atoms with Crippen LogP contribution in [0.5, 0.6) is 0 Å². The van der Waals surface area contributed by atoms with Crippen LogP contribution in [-0.2, 0) is 17.8 Å². The first-order valence-electron chi connectivity index (χ1n) is 9.89. The number of nitrogens with zero attached hydrogens (tertiary/aromatic N) is 4. The highest BCUT2D eigenvalue weighted by molar-refractivity contribution is 7.99. The van der Waals surface area contributed by atoms with E-state index in [0.717, 1.165) is 25.1 Å². The van der Waals surface area contributed by atoms with Gasteiger partial charge in [-0.2, -0.15) is 0 Å². The topological polar surface area (TPSA) is 143 Å². The fourth-order valence-electron chi connectivity index (χ4n) is 2.86. The Balaban J connectivity index is 2.28. The minimum Gasteiger partial charge on any atom is -0.383 e. The average Bonchev–Trinajstić information content (AvgIpc) is 3.13. The van der Waals surface area contributed by atoms with Gasteiger partial charge in [-0.25, -0.2) is 9.78 Å². The maximum absolute atomic E-state index is 13.0. The second-order valence-electron chi connectivity index (χ2n) is 6.65. The van der Waals surface area contributed by atoms with Gasteiger partial charge >= 0.3 is 5.69 Å². The van der Waals surface area contributed by atoms with E-state index in [9.17, 15) is 14.4 Å². The van der Waals surface area contributed by atoms with Gasteiger partial charge in [0.25, 0.3) is 5.56 Å². The van der Waals surface area contributed by atoms with E-state index >= 15 is 0 Å². The molecule has 2 rings (SSSR count). The molecule has 0 aliphatic heterocycles. The maximum Gasteiger partial charge on any atom is 0.330 e.